The Kier molecular flexibility index (Phi) is 4.32. The lowest BCUT2D eigenvalue weighted by atomic mass is 10.2. The van der Waals surface area contributed by atoms with Crippen LogP contribution in [0, 0.1) is 6.92 Å². The van der Waals surface area contributed by atoms with Crippen molar-refractivity contribution in [1.29, 1.82) is 0 Å². The molecule has 20 heavy (non-hydrogen) atoms. The second kappa shape index (κ2) is 5.83. The molecule has 0 bridgehead atoms. The molecular weight excluding hydrogens is 333 g/mol. The number of benzene rings is 1. The molecular formula is C14H12BrF3N2. The van der Waals surface area contributed by atoms with E-state index in [0.29, 0.717) is 12.2 Å². The molecule has 0 saturated heterocycles. The highest BCUT2D eigenvalue weighted by Crippen LogP contribution is 2.36. The lowest BCUT2D eigenvalue weighted by Crippen LogP contribution is -2.08. The average molecular weight is 345 g/mol. The van der Waals surface area contributed by atoms with Gasteiger partial charge in [-0.3, -0.25) is 4.98 Å². The molecule has 0 atom stereocenters. The number of anilines is 1. The van der Waals surface area contributed by atoms with Gasteiger partial charge in [-0.05, 0) is 37.3 Å². The average Bonchev–Trinajstić information content (AvgIpc) is 2.36. The lowest BCUT2D eigenvalue weighted by molar-refractivity contribution is -0.138. The number of halogens is 4. The predicted octanol–water partition coefficient (Wildman–Crippen LogP) is 4.78. The van der Waals surface area contributed by atoms with Crippen molar-refractivity contribution in [2.45, 2.75) is 19.6 Å². The van der Waals surface area contributed by atoms with Gasteiger partial charge >= 0.3 is 6.18 Å². The summed E-state index contributed by atoms with van der Waals surface area (Å²) in [6.45, 7) is 2.24. The number of aryl methyl sites for hydroxylation is 1. The second-order valence-corrected chi connectivity index (χ2v) is 5.17. The topological polar surface area (TPSA) is 24.9 Å². The Morgan fingerprint density at radius 2 is 1.95 bits per heavy atom. The van der Waals surface area contributed by atoms with E-state index in [-0.39, 0.29) is 4.47 Å². The Balaban J connectivity index is 2.14. The van der Waals surface area contributed by atoms with Gasteiger partial charge in [-0.1, -0.05) is 22.0 Å². The maximum Gasteiger partial charge on any atom is 0.417 e. The van der Waals surface area contributed by atoms with Crippen LogP contribution in [0.15, 0.2) is 40.9 Å². The number of alkyl halides is 3. The molecule has 0 fully saturated rings. The number of hydrogen-bond donors (Lipinski definition) is 1. The number of nitrogens with zero attached hydrogens (tertiary/aromatic N) is 1. The van der Waals surface area contributed by atoms with E-state index in [1.54, 1.807) is 6.07 Å². The summed E-state index contributed by atoms with van der Waals surface area (Å²) >= 11 is 2.91. The van der Waals surface area contributed by atoms with E-state index in [0.717, 1.165) is 17.5 Å². The van der Waals surface area contributed by atoms with Crippen LogP contribution in [0.3, 0.4) is 0 Å². The van der Waals surface area contributed by atoms with E-state index in [4.69, 9.17) is 0 Å². The first-order chi connectivity index (χ1) is 9.36. The van der Waals surface area contributed by atoms with Gasteiger partial charge < -0.3 is 5.32 Å². The van der Waals surface area contributed by atoms with Crippen molar-refractivity contribution >= 4 is 21.6 Å². The molecule has 2 rings (SSSR count). The number of aromatic nitrogens is 1. The molecule has 1 N–H and O–H groups in total. The first kappa shape index (κ1) is 14.8. The summed E-state index contributed by atoms with van der Waals surface area (Å²) in [5.41, 5.74) is 1.36. The van der Waals surface area contributed by atoms with Gasteiger partial charge in [0.05, 0.1) is 17.8 Å². The van der Waals surface area contributed by atoms with Crippen molar-refractivity contribution < 1.29 is 13.2 Å². The molecule has 2 nitrogen and oxygen atoms in total. The van der Waals surface area contributed by atoms with E-state index in [9.17, 15) is 13.2 Å². The molecule has 0 spiro atoms. The Hall–Kier alpha value is -1.56. The van der Waals surface area contributed by atoms with Crippen LogP contribution in [0.25, 0.3) is 0 Å². The monoisotopic (exact) mass is 344 g/mol. The van der Waals surface area contributed by atoms with E-state index < -0.39 is 11.7 Å². The molecule has 106 valence electrons. The zero-order chi connectivity index (χ0) is 14.8. The highest BCUT2D eigenvalue weighted by molar-refractivity contribution is 9.10. The zero-order valence-electron chi connectivity index (χ0n) is 10.6. The molecule has 0 unspecified atom stereocenters. The van der Waals surface area contributed by atoms with Crippen molar-refractivity contribution in [2.75, 3.05) is 5.32 Å². The standard InChI is InChI=1S/C14H12BrF3N2/c1-9-3-2-4-11(20-9)8-19-10-5-6-13(15)12(7-10)14(16,17)18/h2-7,19H,8H2,1H3. The van der Waals surface area contributed by atoms with Crippen LogP contribution in [-0.4, -0.2) is 4.98 Å². The van der Waals surface area contributed by atoms with Crippen molar-refractivity contribution in [2.24, 2.45) is 0 Å². The summed E-state index contributed by atoms with van der Waals surface area (Å²) in [5, 5.41) is 2.94. The van der Waals surface area contributed by atoms with Crippen LogP contribution in [-0.2, 0) is 12.7 Å². The minimum atomic E-state index is -4.38. The summed E-state index contributed by atoms with van der Waals surface area (Å²) in [6, 6.07) is 9.61. The first-order valence-electron chi connectivity index (χ1n) is 5.89. The maximum absolute atomic E-state index is 12.8. The van der Waals surface area contributed by atoms with Gasteiger partial charge in [0.25, 0.3) is 0 Å². The molecule has 0 aliphatic carbocycles. The van der Waals surface area contributed by atoms with Crippen molar-refractivity contribution in [3.8, 4) is 0 Å². The fourth-order valence-corrected chi connectivity index (χ4v) is 2.21. The SMILES string of the molecule is Cc1cccc(CNc2ccc(Br)c(C(F)(F)F)c2)n1. The minimum Gasteiger partial charge on any atom is -0.379 e. The highest BCUT2D eigenvalue weighted by atomic mass is 79.9. The summed E-state index contributed by atoms with van der Waals surface area (Å²) in [7, 11) is 0. The van der Waals surface area contributed by atoms with Crippen LogP contribution in [0.2, 0.25) is 0 Å². The van der Waals surface area contributed by atoms with Crippen molar-refractivity contribution in [3.05, 3.63) is 57.8 Å². The van der Waals surface area contributed by atoms with Gasteiger partial charge in [0.1, 0.15) is 0 Å². The van der Waals surface area contributed by atoms with Crippen molar-refractivity contribution in [3.63, 3.8) is 0 Å². The minimum absolute atomic E-state index is 0.0317. The lowest BCUT2D eigenvalue weighted by Gasteiger charge is -2.12. The molecule has 0 aliphatic heterocycles. The van der Waals surface area contributed by atoms with Crippen LogP contribution in [0.4, 0.5) is 18.9 Å². The fraction of sp³-hybridized carbons (Fsp3) is 0.214. The Bertz CT molecular complexity index is 612. The zero-order valence-corrected chi connectivity index (χ0v) is 12.2. The van der Waals surface area contributed by atoms with Gasteiger partial charge in [-0.2, -0.15) is 13.2 Å². The molecule has 1 aromatic heterocycles. The molecule has 6 heteroatoms. The van der Waals surface area contributed by atoms with Crippen LogP contribution in [0.5, 0.6) is 0 Å². The fourth-order valence-electron chi connectivity index (χ4n) is 1.74. The quantitative estimate of drug-likeness (QED) is 0.866. The number of pyridine rings is 1. The summed E-state index contributed by atoms with van der Waals surface area (Å²) in [5.74, 6) is 0. The summed E-state index contributed by atoms with van der Waals surface area (Å²) < 4.78 is 38.4. The highest BCUT2D eigenvalue weighted by Gasteiger charge is 2.33. The number of hydrogen-bond acceptors (Lipinski definition) is 2. The van der Waals surface area contributed by atoms with Crippen LogP contribution < -0.4 is 5.32 Å². The van der Waals surface area contributed by atoms with E-state index in [2.05, 4.69) is 26.2 Å². The van der Waals surface area contributed by atoms with Gasteiger partial charge in [-0.15, -0.1) is 0 Å². The van der Waals surface area contributed by atoms with Crippen molar-refractivity contribution in [1.82, 2.24) is 4.98 Å². The summed E-state index contributed by atoms with van der Waals surface area (Å²) in [4.78, 5) is 4.28. The molecule has 2 aromatic rings. The summed E-state index contributed by atoms with van der Waals surface area (Å²) in [6.07, 6.45) is -4.38. The largest absolute Gasteiger partial charge is 0.417 e. The predicted molar refractivity (Wildman–Crippen MR) is 75.4 cm³/mol. The molecule has 1 heterocycles. The van der Waals surface area contributed by atoms with Crippen LogP contribution in [0.1, 0.15) is 17.0 Å². The van der Waals surface area contributed by atoms with Gasteiger partial charge in [0.2, 0.25) is 0 Å². The van der Waals surface area contributed by atoms with E-state index in [1.807, 2.05) is 25.1 Å². The Morgan fingerprint density at radius 1 is 1.20 bits per heavy atom. The first-order valence-corrected chi connectivity index (χ1v) is 6.69. The van der Waals surface area contributed by atoms with E-state index >= 15 is 0 Å². The van der Waals surface area contributed by atoms with E-state index in [1.165, 1.54) is 6.07 Å². The third-order valence-corrected chi connectivity index (χ3v) is 3.38. The molecule has 0 saturated carbocycles. The number of nitrogens with one attached hydrogen (secondary N) is 1. The third-order valence-electron chi connectivity index (χ3n) is 2.69. The maximum atomic E-state index is 12.8. The normalized spacial score (nSPS) is 11.4. The third kappa shape index (κ3) is 3.72. The molecule has 1 aromatic carbocycles. The molecule has 0 radical (unpaired) electrons. The second-order valence-electron chi connectivity index (χ2n) is 4.32. The van der Waals surface area contributed by atoms with Gasteiger partial charge in [0, 0.05) is 15.9 Å². The van der Waals surface area contributed by atoms with Gasteiger partial charge in [0.15, 0.2) is 0 Å². The van der Waals surface area contributed by atoms with Crippen LogP contribution >= 0.6 is 15.9 Å². The smallest absolute Gasteiger partial charge is 0.379 e. The van der Waals surface area contributed by atoms with Gasteiger partial charge in [-0.25, -0.2) is 0 Å². The number of rotatable bonds is 3. The molecule has 0 amide bonds. The Morgan fingerprint density at radius 3 is 2.60 bits per heavy atom. The Labute approximate surface area is 123 Å². The molecule has 0 aliphatic rings.